The number of H-pyrrole nitrogens is 1. The van der Waals surface area contributed by atoms with Gasteiger partial charge in [0.1, 0.15) is 11.6 Å². The van der Waals surface area contributed by atoms with Crippen molar-refractivity contribution < 1.29 is 14.6 Å². The zero-order valence-electron chi connectivity index (χ0n) is 10.7. The Balaban J connectivity index is 2.07. The first-order valence-electron chi connectivity index (χ1n) is 6.18. The molecule has 2 aromatic rings. The maximum atomic E-state index is 10.5. The molecule has 100 valence electrons. The van der Waals surface area contributed by atoms with Crippen LogP contribution in [-0.4, -0.2) is 27.7 Å². The number of hydrogen-bond donors (Lipinski definition) is 2. The van der Waals surface area contributed by atoms with E-state index in [0.717, 1.165) is 22.8 Å². The molecule has 2 N–H and O–H groups in total. The average Bonchev–Trinajstić information content (AvgIpc) is 2.86. The fourth-order valence-electron chi connectivity index (χ4n) is 1.75. The Kier molecular flexibility index (Phi) is 4.18. The van der Waals surface area contributed by atoms with Crippen LogP contribution in [0.1, 0.15) is 19.0 Å². The van der Waals surface area contributed by atoms with Crippen LogP contribution in [0.5, 0.6) is 5.75 Å². The molecule has 0 spiro atoms. The van der Waals surface area contributed by atoms with Crippen LogP contribution in [0.15, 0.2) is 30.5 Å². The molecule has 19 heavy (non-hydrogen) atoms. The van der Waals surface area contributed by atoms with Crippen molar-refractivity contribution in [2.45, 2.75) is 19.8 Å². The Hall–Kier alpha value is -2.30. The van der Waals surface area contributed by atoms with Crippen LogP contribution in [0.4, 0.5) is 0 Å². The molecule has 0 atom stereocenters. The van der Waals surface area contributed by atoms with Gasteiger partial charge in [0.05, 0.1) is 13.0 Å². The first-order valence-corrected chi connectivity index (χ1v) is 6.18. The number of carboxylic acid groups (broad SMARTS) is 1. The number of nitrogens with zero attached hydrogens (tertiary/aromatic N) is 1. The summed E-state index contributed by atoms with van der Waals surface area (Å²) in [5.74, 6) is 0.754. The highest BCUT2D eigenvalue weighted by Gasteiger charge is 2.05. The Bertz CT molecular complexity index is 546. The summed E-state index contributed by atoms with van der Waals surface area (Å²) in [7, 11) is 0. The number of benzene rings is 1. The van der Waals surface area contributed by atoms with Gasteiger partial charge in [0.15, 0.2) is 0 Å². The van der Waals surface area contributed by atoms with E-state index in [0.29, 0.717) is 13.0 Å². The smallest absolute Gasteiger partial charge is 0.303 e. The van der Waals surface area contributed by atoms with E-state index >= 15 is 0 Å². The molecule has 0 aliphatic rings. The lowest BCUT2D eigenvalue weighted by molar-refractivity contribution is -0.136. The lowest BCUT2D eigenvalue weighted by Crippen LogP contribution is -1.97. The van der Waals surface area contributed by atoms with Gasteiger partial charge in [0.25, 0.3) is 0 Å². The summed E-state index contributed by atoms with van der Waals surface area (Å²) in [5, 5.41) is 8.63. The maximum absolute atomic E-state index is 10.5. The second-order valence-electron chi connectivity index (χ2n) is 4.11. The molecule has 0 aliphatic heterocycles. The summed E-state index contributed by atoms with van der Waals surface area (Å²) < 4.78 is 5.37. The van der Waals surface area contributed by atoms with Crippen molar-refractivity contribution in [1.82, 2.24) is 9.97 Å². The molecule has 0 amide bonds. The number of hydrogen-bond acceptors (Lipinski definition) is 3. The van der Waals surface area contributed by atoms with Crippen LogP contribution in [0, 0.1) is 0 Å². The van der Waals surface area contributed by atoms with Gasteiger partial charge in [-0.05, 0) is 37.6 Å². The Morgan fingerprint density at radius 3 is 2.74 bits per heavy atom. The Morgan fingerprint density at radius 2 is 2.11 bits per heavy atom. The topological polar surface area (TPSA) is 75.2 Å². The molecular weight excluding hydrogens is 244 g/mol. The normalized spacial score (nSPS) is 10.4. The van der Waals surface area contributed by atoms with Crippen LogP contribution in [0.25, 0.3) is 11.4 Å². The van der Waals surface area contributed by atoms with E-state index in [-0.39, 0.29) is 6.42 Å². The number of rotatable bonds is 6. The van der Waals surface area contributed by atoms with Crippen molar-refractivity contribution >= 4 is 5.97 Å². The summed E-state index contributed by atoms with van der Waals surface area (Å²) in [5.41, 5.74) is 1.77. The molecule has 0 aliphatic carbocycles. The number of aromatic amines is 1. The first kappa shape index (κ1) is 13.1. The van der Waals surface area contributed by atoms with Crippen LogP contribution in [-0.2, 0) is 11.2 Å². The van der Waals surface area contributed by atoms with E-state index in [1.807, 2.05) is 31.2 Å². The summed E-state index contributed by atoms with van der Waals surface area (Å²) in [6.07, 6.45) is 2.24. The molecule has 0 fully saturated rings. The van der Waals surface area contributed by atoms with Crippen molar-refractivity contribution in [3.05, 3.63) is 36.2 Å². The quantitative estimate of drug-likeness (QED) is 0.836. The molecule has 1 aromatic carbocycles. The number of aromatic nitrogens is 2. The van der Waals surface area contributed by atoms with E-state index in [2.05, 4.69) is 9.97 Å². The number of ether oxygens (including phenoxy) is 1. The minimum Gasteiger partial charge on any atom is -0.494 e. The zero-order valence-corrected chi connectivity index (χ0v) is 10.7. The van der Waals surface area contributed by atoms with Gasteiger partial charge in [0.2, 0.25) is 0 Å². The second-order valence-corrected chi connectivity index (χ2v) is 4.11. The molecule has 5 heteroatoms. The first-order chi connectivity index (χ1) is 9.19. The largest absolute Gasteiger partial charge is 0.494 e. The number of aryl methyl sites for hydroxylation is 1. The van der Waals surface area contributed by atoms with Gasteiger partial charge in [-0.3, -0.25) is 4.79 Å². The van der Waals surface area contributed by atoms with Gasteiger partial charge in [-0.2, -0.15) is 0 Å². The van der Waals surface area contributed by atoms with Crippen LogP contribution in [0.2, 0.25) is 0 Å². The highest BCUT2D eigenvalue weighted by atomic mass is 16.5. The zero-order chi connectivity index (χ0) is 13.7. The lowest BCUT2D eigenvalue weighted by Gasteiger charge is -2.03. The average molecular weight is 260 g/mol. The minimum atomic E-state index is -0.808. The van der Waals surface area contributed by atoms with Crippen molar-refractivity contribution in [1.29, 1.82) is 0 Å². The predicted octanol–water partition coefficient (Wildman–Crippen LogP) is 2.49. The van der Waals surface area contributed by atoms with Crippen LogP contribution >= 0.6 is 0 Å². The van der Waals surface area contributed by atoms with Gasteiger partial charge >= 0.3 is 5.97 Å². The lowest BCUT2D eigenvalue weighted by atomic mass is 10.2. The molecular formula is C14H16N2O3. The molecule has 1 aromatic heterocycles. The third kappa shape index (κ3) is 3.58. The molecule has 1 heterocycles. The molecule has 0 radical (unpaired) electrons. The van der Waals surface area contributed by atoms with Gasteiger partial charge in [0, 0.05) is 17.5 Å². The van der Waals surface area contributed by atoms with Crippen LogP contribution in [0.3, 0.4) is 0 Å². The van der Waals surface area contributed by atoms with E-state index < -0.39 is 5.97 Å². The van der Waals surface area contributed by atoms with Crippen LogP contribution < -0.4 is 4.74 Å². The second kappa shape index (κ2) is 6.04. The van der Waals surface area contributed by atoms with Crippen molar-refractivity contribution in [3.8, 4) is 17.1 Å². The number of aliphatic carboxylic acids is 1. The van der Waals surface area contributed by atoms with Crippen molar-refractivity contribution in [2.24, 2.45) is 0 Å². The van der Waals surface area contributed by atoms with E-state index in [1.54, 1.807) is 6.20 Å². The van der Waals surface area contributed by atoms with Gasteiger partial charge < -0.3 is 14.8 Å². The Labute approximate surface area is 111 Å². The standard InChI is InChI=1S/C14H16N2O3/c1-2-19-12-6-3-10(4-7-12)14-15-9-11(16-14)5-8-13(17)18/h3-4,6-7,9H,2,5,8H2,1H3,(H,15,16)(H,17,18). The monoisotopic (exact) mass is 260 g/mol. The fourth-order valence-corrected chi connectivity index (χ4v) is 1.75. The summed E-state index contributed by atoms with van der Waals surface area (Å²) in [4.78, 5) is 17.9. The predicted molar refractivity (Wildman–Crippen MR) is 71.1 cm³/mol. The van der Waals surface area contributed by atoms with E-state index in [1.165, 1.54) is 0 Å². The maximum Gasteiger partial charge on any atom is 0.303 e. The molecule has 0 saturated heterocycles. The van der Waals surface area contributed by atoms with Crippen molar-refractivity contribution in [3.63, 3.8) is 0 Å². The SMILES string of the molecule is CCOc1ccc(-c2ncc(CCC(=O)O)[nH]2)cc1. The molecule has 5 nitrogen and oxygen atoms in total. The summed E-state index contributed by atoms with van der Waals surface area (Å²) in [6.45, 7) is 2.58. The highest BCUT2D eigenvalue weighted by Crippen LogP contribution is 2.20. The van der Waals surface area contributed by atoms with Gasteiger partial charge in [-0.25, -0.2) is 4.98 Å². The molecule has 0 unspecified atom stereocenters. The number of nitrogens with one attached hydrogen (secondary N) is 1. The summed E-state index contributed by atoms with van der Waals surface area (Å²) >= 11 is 0. The molecule has 0 saturated carbocycles. The highest BCUT2D eigenvalue weighted by molar-refractivity contribution is 5.67. The molecule has 2 rings (SSSR count). The third-order valence-corrected chi connectivity index (χ3v) is 2.68. The van der Waals surface area contributed by atoms with Gasteiger partial charge in [-0.1, -0.05) is 0 Å². The number of imidazole rings is 1. The third-order valence-electron chi connectivity index (χ3n) is 2.68. The van der Waals surface area contributed by atoms with E-state index in [4.69, 9.17) is 9.84 Å². The number of carbonyl (C=O) groups is 1. The van der Waals surface area contributed by atoms with Gasteiger partial charge in [-0.15, -0.1) is 0 Å². The number of carboxylic acids is 1. The minimum absolute atomic E-state index is 0.102. The summed E-state index contributed by atoms with van der Waals surface area (Å²) in [6, 6.07) is 7.62. The van der Waals surface area contributed by atoms with Crippen molar-refractivity contribution in [2.75, 3.05) is 6.61 Å². The fraction of sp³-hybridized carbons (Fsp3) is 0.286. The Morgan fingerprint density at radius 1 is 1.37 bits per heavy atom. The molecule has 0 bridgehead atoms. The van der Waals surface area contributed by atoms with E-state index in [9.17, 15) is 4.79 Å².